The maximum atomic E-state index is 7.51. The molecule has 5 heteroatoms. The molecular weight excluding hydrogens is 254 g/mol. The monoisotopic (exact) mass is 277 g/mol. The number of likely N-dealkylation sites (N-methyl/N-ethyl adjacent to an activating group) is 1. The van der Waals surface area contributed by atoms with Crippen molar-refractivity contribution in [3.8, 4) is 5.75 Å². The maximum absolute atomic E-state index is 7.51. The van der Waals surface area contributed by atoms with Crippen molar-refractivity contribution in [1.82, 2.24) is 4.90 Å². The fourth-order valence-corrected chi connectivity index (χ4v) is 2.57. The summed E-state index contributed by atoms with van der Waals surface area (Å²) in [4.78, 5) is 2.25. The molecule has 1 fully saturated rings. The molecule has 0 aliphatic carbocycles. The van der Waals surface area contributed by atoms with E-state index in [1.165, 1.54) is 6.42 Å². The molecule has 3 N–H and O–H groups in total. The summed E-state index contributed by atoms with van der Waals surface area (Å²) < 4.78 is 10.9. The second-order valence-corrected chi connectivity index (χ2v) is 5.28. The van der Waals surface area contributed by atoms with Gasteiger partial charge in [-0.15, -0.1) is 0 Å². The molecule has 0 bridgehead atoms. The van der Waals surface area contributed by atoms with Gasteiger partial charge in [-0.2, -0.15) is 0 Å². The number of nitrogens with two attached hydrogens (primary N) is 1. The average Bonchev–Trinajstić information content (AvgIpc) is 2.90. The van der Waals surface area contributed by atoms with E-state index in [4.69, 9.17) is 20.6 Å². The molecule has 0 aromatic heterocycles. The fourth-order valence-electron chi connectivity index (χ4n) is 2.57. The number of methoxy groups -OCH3 is 1. The molecule has 1 aliphatic rings. The molecule has 0 amide bonds. The number of rotatable bonds is 6. The van der Waals surface area contributed by atoms with Gasteiger partial charge in [-0.1, -0.05) is 6.07 Å². The first-order valence-corrected chi connectivity index (χ1v) is 6.91. The largest absolute Gasteiger partial charge is 0.496 e. The van der Waals surface area contributed by atoms with Crippen LogP contribution in [0.5, 0.6) is 5.75 Å². The first-order chi connectivity index (χ1) is 9.60. The zero-order chi connectivity index (χ0) is 14.5. The summed E-state index contributed by atoms with van der Waals surface area (Å²) in [5.41, 5.74) is 7.31. The molecule has 1 heterocycles. The highest BCUT2D eigenvalue weighted by molar-refractivity contribution is 5.97. The predicted molar refractivity (Wildman–Crippen MR) is 79.3 cm³/mol. The molecule has 0 spiro atoms. The summed E-state index contributed by atoms with van der Waals surface area (Å²) in [5, 5.41) is 7.51. The average molecular weight is 277 g/mol. The molecule has 110 valence electrons. The van der Waals surface area contributed by atoms with Gasteiger partial charge in [0.2, 0.25) is 0 Å². The van der Waals surface area contributed by atoms with Crippen molar-refractivity contribution >= 4 is 5.84 Å². The molecule has 1 aliphatic heterocycles. The maximum Gasteiger partial charge on any atom is 0.130 e. The van der Waals surface area contributed by atoms with Crippen LogP contribution < -0.4 is 10.5 Å². The molecular formula is C15H23N3O2. The number of ether oxygens (including phenoxy) is 2. The Kier molecular flexibility index (Phi) is 4.98. The summed E-state index contributed by atoms with van der Waals surface area (Å²) in [5.74, 6) is 0.682. The lowest BCUT2D eigenvalue weighted by molar-refractivity contribution is 0.0793. The third kappa shape index (κ3) is 3.71. The lowest BCUT2D eigenvalue weighted by Gasteiger charge is -2.21. The number of benzene rings is 1. The third-order valence-corrected chi connectivity index (χ3v) is 3.55. The van der Waals surface area contributed by atoms with Gasteiger partial charge in [0.05, 0.1) is 18.8 Å². The van der Waals surface area contributed by atoms with Gasteiger partial charge in [0, 0.05) is 19.7 Å². The van der Waals surface area contributed by atoms with E-state index in [-0.39, 0.29) is 5.84 Å². The number of amidine groups is 1. The first kappa shape index (κ1) is 14.8. The van der Waals surface area contributed by atoms with Gasteiger partial charge in [-0.3, -0.25) is 10.3 Å². The van der Waals surface area contributed by atoms with Gasteiger partial charge in [0.25, 0.3) is 0 Å². The van der Waals surface area contributed by atoms with Crippen molar-refractivity contribution in [1.29, 1.82) is 5.41 Å². The molecule has 1 aromatic rings. The number of hydrogen-bond donors (Lipinski definition) is 2. The van der Waals surface area contributed by atoms with Crippen molar-refractivity contribution in [2.45, 2.75) is 25.5 Å². The molecule has 5 nitrogen and oxygen atoms in total. The van der Waals surface area contributed by atoms with Gasteiger partial charge < -0.3 is 15.2 Å². The lowest BCUT2D eigenvalue weighted by atomic mass is 10.1. The smallest absolute Gasteiger partial charge is 0.130 e. The van der Waals surface area contributed by atoms with Crippen molar-refractivity contribution < 1.29 is 9.47 Å². The number of nitrogens with zero attached hydrogens (tertiary/aromatic N) is 1. The molecule has 1 unspecified atom stereocenters. The lowest BCUT2D eigenvalue weighted by Crippen LogP contribution is -2.28. The van der Waals surface area contributed by atoms with Crippen LogP contribution in [0.3, 0.4) is 0 Å². The van der Waals surface area contributed by atoms with Crippen molar-refractivity contribution in [2.75, 3.05) is 27.3 Å². The van der Waals surface area contributed by atoms with Gasteiger partial charge in [0.15, 0.2) is 0 Å². The van der Waals surface area contributed by atoms with Crippen molar-refractivity contribution in [2.24, 2.45) is 5.73 Å². The minimum absolute atomic E-state index is 0.0288. The highest BCUT2D eigenvalue weighted by Gasteiger charge is 2.17. The van der Waals surface area contributed by atoms with E-state index in [9.17, 15) is 0 Å². The minimum Gasteiger partial charge on any atom is -0.496 e. The zero-order valence-electron chi connectivity index (χ0n) is 12.2. The Hall–Kier alpha value is -1.59. The van der Waals surface area contributed by atoms with Crippen LogP contribution in [0.25, 0.3) is 0 Å². The summed E-state index contributed by atoms with van der Waals surface area (Å²) in [7, 11) is 3.69. The van der Waals surface area contributed by atoms with Gasteiger partial charge >= 0.3 is 0 Å². The van der Waals surface area contributed by atoms with Crippen LogP contribution in [0.1, 0.15) is 24.0 Å². The molecule has 20 heavy (non-hydrogen) atoms. The van der Waals surface area contributed by atoms with E-state index in [1.807, 2.05) is 18.2 Å². The second kappa shape index (κ2) is 6.72. The van der Waals surface area contributed by atoms with E-state index in [0.29, 0.717) is 17.4 Å². The van der Waals surface area contributed by atoms with E-state index in [1.54, 1.807) is 7.11 Å². The molecule has 2 rings (SSSR count). The van der Waals surface area contributed by atoms with E-state index >= 15 is 0 Å². The van der Waals surface area contributed by atoms with E-state index < -0.39 is 0 Å². The Bertz CT molecular complexity index is 470. The van der Waals surface area contributed by atoms with Crippen LogP contribution >= 0.6 is 0 Å². The molecule has 0 radical (unpaired) electrons. The van der Waals surface area contributed by atoms with Gasteiger partial charge in [-0.05, 0) is 37.6 Å². The first-order valence-electron chi connectivity index (χ1n) is 6.91. The zero-order valence-corrected chi connectivity index (χ0v) is 12.2. The highest BCUT2D eigenvalue weighted by Crippen LogP contribution is 2.21. The summed E-state index contributed by atoms with van der Waals surface area (Å²) in [6, 6.07) is 5.78. The van der Waals surface area contributed by atoms with Crippen LogP contribution in [-0.2, 0) is 11.3 Å². The summed E-state index contributed by atoms with van der Waals surface area (Å²) in [6.07, 6.45) is 2.68. The molecule has 0 saturated carbocycles. The number of hydrogen-bond acceptors (Lipinski definition) is 4. The summed E-state index contributed by atoms with van der Waals surface area (Å²) >= 11 is 0. The molecule has 1 saturated heterocycles. The Balaban J connectivity index is 1.99. The third-order valence-electron chi connectivity index (χ3n) is 3.55. The number of nitrogen functional groups attached to an aromatic ring is 1. The second-order valence-electron chi connectivity index (χ2n) is 5.28. The van der Waals surface area contributed by atoms with Crippen LogP contribution in [-0.4, -0.2) is 44.1 Å². The van der Waals surface area contributed by atoms with Crippen LogP contribution in [0.2, 0.25) is 0 Å². The standard InChI is InChI=1S/C15H23N3O2/c1-18(10-12-4-3-7-20-12)9-11-5-6-13(15(16)17)14(8-11)19-2/h5-6,8,12H,3-4,7,9-10H2,1-2H3,(H3,16,17). The van der Waals surface area contributed by atoms with Crippen LogP contribution in [0.4, 0.5) is 0 Å². The quantitative estimate of drug-likeness (QED) is 0.612. The SMILES string of the molecule is COc1cc(CN(C)CC2CCCO2)ccc1C(=N)N. The molecule has 1 atom stereocenters. The normalized spacial score (nSPS) is 18.4. The van der Waals surface area contributed by atoms with Gasteiger partial charge in [0.1, 0.15) is 11.6 Å². The summed E-state index contributed by atoms with van der Waals surface area (Å²) in [6.45, 7) is 2.66. The van der Waals surface area contributed by atoms with Crippen molar-refractivity contribution in [3.05, 3.63) is 29.3 Å². The topological polar surface area (TPSA) is 71.6 Å². The Morgan fingerprint density at radius 2 is 2.35 bits per heavy atom. The van der Waals surface area contributed by atoms with E-state index in [0.717, 1.165) is 31.7 Å². The Labute approximate surface area is 120 Å². The highest BCUT2D eigenvalue weighted by atomic mass is 16.5. The van der Waals surface area contributed by atoms with E-state index in [2.05, 4.69) is 11.9 Å². The predicted octanol–water partition coefficient (Wildman–Crippen LogP) is 1.59. The van der Waals surface area contributed by atoms with Gasteiger partial charge in [-0.25, -0.2) is 0 Å². The van der Waals surface area contributed by atoms with Crippen LogP contribution in [0, 0.1) is 5.41 Å². The number of nitrogens with one attached hydrogen (secondary N) is 1. The van der Waals surface area contributed by atoms with Crippen molar-refractivity contribution in [3.63, 3.8) is 0 Å². The Morgan fingerprint density at radius 3 is 2.95 bits per heavy atom. The minimum atomic E-state index is 0.0288. The molecule has 1 aromatic carbocycles. The fraction of sp³-hybridized carbons (Fsp3) is 0.533. The Morgan fingerprint density at radius 1 is 1.55 bits per heavy atom. The van der Waals surface area contributed by atoms with Crippen LogP contribution in [0.15, 0.2) is 18.2 Å².